The Labute approximate surface area is 143 Å². The van der Waals surface area contributed by atoms with Crippen molar-refractivity contribution < 1.29 is 4.42 Å². The third-order valence-electron chi connectivity index (χ3n) is 3.71. The van der Waals surface area contributed by atoms with Crippen LogP contribution in [-0.4, -0.2) is 15.2 Å². The van der Waals surface area contributed by atoms with Gasteiger partial charge in [0.2, 0.25) is 0 Å². The summed E-state index contributed by atoms with van der Waals surface area (Å²) in [7, 11) is 0. The van der Waals surface area contributed by atoms with Crippen LogP contribution in [0.15, 0.2) is 65.5 Å². The fourth-order valence-electron chi connectivity index (χ4n) is 2.53. The van der Waals surface area contributed by atoms with Crippen LogP contribution in [-0.2, 0) is 6.54 Å². The van der Waals surface area contributed by atoms with Gasteiger partial charge in [-0.3, -0.25) is 4.98 Å². The fourth-order valence-corrected chi connectivity index (χ4v) is 2.66. The van der Waals surface area contributed by atoms with Crippen LogP contribution in [0.25, 0.3) is 22.0 Å². The first-order valence-corrected chi connectivity index (χ1v) is 7.81. The van der Waals surface area contributed by atoms with Gasteiger partial charge in [-0.05, 0) is 30.3 Å². The second-order valence-corrected chi connectivity index (χ2v) is 5.69. The fraction of sp³-hybridized carbons (Fsp3) is 0.0556. The van der Waals surface area contributed by atoms with Gasteiger partial charge >= 0.3 is 0 Å². The van der Waals surface area contributed by atoms with Crippen molar-refractivity contribution in [1.82, 2.24) is 15.2 Å². The van der Waals surface area contributed by atoms with Crippen molar-refractivity contribution >= 4 is 28.2 Å². The van der Waals surface area contributed by atoms with Gasteiger partial charge < -0.3 is 9.73 Å². The van der Waals surface area contributed by atoms with Gasteiger partial charge in [0.1, 0.15) is 11.5 Å². The highest BCUT2D eigenvalue weighted by molar-refractivity contribution is 6.30. The van der Waals surface area contributed by atoms with E-state index in [0.717, 1.165) is 27.8 Å². The molecule has 1 aromatic carbocycles. The zero-order valence-corrected chi connectivity index (χ0v) is 13.4. The number of furan rings is 1. The third-order valence-corrected chi connectivity index (χ3v) is 3.96. The predicted octanol–water partition coefficient (Wildman–Crippen LogP) is 4.55. The molecule has 1 N–H and O–H groups in total. The molecule has 4 rings (SSSR count). The summed E-state index contributed by atoms with van der Waals surface area (Å²) in [5.74, 6) is 1.53. The van der Waals surface area contributed by atoms with Crippen molar-refractivity contribution in [3.05, 3.63) is 71.9 Å². The number of rotatable bonds is 4. The van der Waals surface area contributed by atoms with E-state index in [1.54, 1.807) is 18.7 Å². The Balaban J connectivity index is 1.75. The van der Waals surface area contributed by atoms with Crippen LogP contribution >= 0.6 is 11.6 Å². The molecule has 0 fully saturated rings. The van der Waals surface area contributed by atoms with Crippen molar-refractivity contribution in [3.63, 3.8) is 0 Å². The van der Waals surface area contributed by atoms with Gasteiger partial charge in [-0.1, -0.05) is 23.7 Å². The summed E-state index contributed by atoms with van der Waals surface area (Å²) in [4.78, 5) is 4.23. The summed E-state index contributed by atoms with van der Waals surface area (Å²) in [6.45, 7) is 0.541. The Bertz CT molecular complexity index is 968. The van der Waals surface area contributed by atoms with Gasteiger partial charge in [-0.15, -0.1) is 10.2 Å². The van der Waals surface area contributed by atoms with E-state index in [1.807, 2.05) is 42.5 Å². The van der Waals surface area contributed by atoms with Gasteiger partial charge in [-0.2, -0.15) is 0 Å². The molecule has 24 heavy (non-hydrogen) atoms. The maximum atomic E-state index is 5.97. The molecule has 0 bridgehead atoms. The number of nitrogens with zero attached hydrogens (tertiary/aromatic N) is 3. The van der Waals surface area contributed by atoms with Crippen LogP contribution in [0.1, 0.15) is 5.76 Å². The molecule has 0 saturated heterocycles. The van der Waals surface area contributed by atoms with Gasteiger partial charge in [0.05, 0.1) is 12.8 Å². The molecular formula is C18H13ClN4O. The van der Waals surface area contributed by atoms with Gasteiger partial charge in [0, 0.05) is 33.8 Å². The normalized spacial score (nSPS) is 10.9. The molecule has 4 aromatic rings. The molecule has 0 spiro atoms. The summed E-state index contributed by atoms with van der Waals surface area (Å²) < 4.78 is 5.34. The van der Waals surface area contributed by atoms with E-state index >= 15 is 0 Å². The van der Waals surface area contributed by atoms with E-state index in [1.165, 1.54) is 0 Å². The molecule has 0 aliphatic heterocycles. The van der Waals surface area contributed by atoms with Gasteiger partial charge in [0.25, 0.3) is 0 Å². The highest BCUT2D eigenvalue weighted by Gasteiger charge is 2.11. The van der Waals surface area contributed by atoms with E-state index in [9.17, 15) is 0 Å². The van der Waals surface area contributed by atoms with E-state index < -0.39 is 0 Å². The molecule has 0 unspecified atom stereocenters. The lowest BCUT2D eigenvalue weighted by atomic mass is 10.1. The molecule has 3 heterocycles. The number of nitrogens with one attached hydrogen (secondary N) is 1. The Morgan fingerprint density at radius 1 is 1.00 bits per heavy atom. The van der Waals surface area contributed by atoms with Crippen LogP contribution in [0.4, 0.5) is 5.82 Å². The minimum Gasteiger partial charge on any atom is -0.467 e. The van der Waals surface area contributed by atoms with Crippen LogP contribution in [0, 0.1) is 0 Å². The highest BCUT2D eigenvalue weighted by Crippen LogP contribution is 2.29. The van der Waals surface area contributed by atoms with Crippen LogP contribution in [0.2, 0.25) is 5.02 Å². The zero-order chi connectivity index (χ0) is 16.4. The topological polar surface area (TPSA) is 63.8 Å². The maximum Gasteiger partial charge on any atom is 0.157 e. The Morgan fingerprint density at radius 3 is 2.67 bits per heavy atom. The Kier molecular flexibility index (Phi) is 3.84. The Hall–Kier alpha value is -2.92. The molecule has 6 heteroatoms. The first kappa shape index (κ1) is 14.7. The number of benzene rings is 1. The van der Waals surface area contributed by atoms with Crippen LogP contribution in [0.3, 0.4) is 0 Å². The summed E-state index contributed by atoms with van der Waals surface area (Å²) in [6, 6.07) is 13.2. The first-order valence-electron chi connectivity index (χ1n) is 7.44. The third kappa shape index (κ3) is 2.81. The maximum absolute atomic E-state index is 5.97. The summed E-state index contributed by atoms with van der Waals surface area (Å²) in [5.41, 5.74) is 1.72. The van der Waals surface area contributed by atoms with Crippen LogP contribution < -0.4 is 5.32 Å². The largest absolute Gasteiger partial charge is 0.467 e. The predicted molar refractivity (Wildman–Crippen MR) is 93.8 cm³/mol. The average molecular weight is 337 g/mol. The van der Waals surface area contributed by atoms with Crippen LogP contribution in [0.5, 0.6) is 0 Å². The molecule has 0 amide bonds. The SMILES string of the molecule is Clc1ccc(-c2nnc(NCc3ccco3)c3ccncc23)cc1. The number of aromatic nitrogens is 3. The number of hydrogen-bond acceptors (Lipinski definition) is 5. The van der Waals surface area contributed by atoms with E-state index in [0.29, 0.717) is 17.4 Å². The number of fused-ring (bicyclic) bond motifs is 1. The van der Waals surface area contributed by atoms with Gasteiger partial charge in [-0.25, -0.2) is 0 Å². The first-order chi connectivity index (χ1) is 11.8. The average Bonchev–Trinajstić information content (AvgIpc) is 3.14. The minimum atomic E-state index is 0.541. The quantitative estimate of drug-likeness (QED) is 0.592. The smallest absolute Gasteiger partial charge is 0.157 e. The van der Waals surface area contributed by atoms with Gasteiger partial charge in [0.15, 0.2) is 5.82 Å². The molecule has 3 aromatic heterocycles. The van der Waals surface area contributed by atoms with Crippen molar-refractivity contribution in [2.45, 2.75) is 6.54 Å². The molecule has 118 valence electrons. The summed E-state index contributed by atoms with van der Waals surface area (Å²) in [6.07, 6.45) is 5.19. The van der Waals surface area contributed by atoms with Crippen molar-refractivity contribution in [2.75, 3.05) is 5.32 Å². The number of halogens is 1. The molecule has 0 atom stereocenters. The number of hydrogen-bond donors (Lipinski definition) is 1. The lowest BCUT2D eigenvalue weighted by Gasteiger charge is -2.10. The standard InChI is InChI=1S/C18H13ClN4O/c19-13-5-3-12(4-6-13)17-16-11-20-8-7-15(16)18(23-22-17)21-10-14-2-1-9-24-14/h1-9,11H,10H2,(H,21,23). The highest BCUT2D eigenvalue weighted by atomic mass is 35.5. The van der Waals surface area contributed by atoms with Crippen molar-refractivity contribution in [1.29, 1.82) is 0 Å². The van der Waals surface area contributed by atoms with E-state index in [-0.39, 0.29) is 0 Å². The second-order valence-electron chi connectivity index (χ2n) is 5.26. The summed E-state index contributed by atoms with van der Waals surface area (Å²) >= 11 is 5.97. The lowest BCUT2D eigenvalue weighted by molar-refractivity contribution is 0.518. The van der Waals surface area contributed by atoms with Crippen molar-refractivity contribution in [3.8, 4) is 11.3 Å². The van der Waals surface area contributed by atoms with E-state index in [2.05, 4.69) is 20.5 Å². The molecule has 0 aliphatic carbocycles. The van der Waals surface area contributed by atoms with Crippen molar-refractivity contribution in [2.24, 2.45) is 0 Å². The molecule has 5 nitrogen and oxygen atoms in total. The molecule has 0 radical (unpaired) electrons. The number of pyridine rings is 1. The second kappa shape index (κ2) is 6.29. The zero-order valence-electron chi connectivity index (χ0n) is 12.6. The van der Waals surface area contributed by atoms with E-state index in [4.69, 9.17) is 16.0 Å². The molecule has 0 saturated carbocycles. The summed E-state index contributed by atoms with van der Waals surface area (Å²) in [5, 5.41) is 14.6. The Morgan fingerprint density at radius 2 is 1.88 bits per heavy atom. The molecule has 0 aliphatic rings. The lowest BCUT2D eigenvalue weighted by Crippen LogP contribution is -2.03. The number of anilines is 1. The monoisotopic (exact) mass is 336 g/mol. The minimum absolute atomic E-state index is 0.541. The molecular weight excluding hydrogens is 324 g/mol.